The molecule has 1 amide bonds. The first kappa shape index (κ1) is 19.1. The summed E-state index contributed by atoms with van der Waals surface area (Å²) in [7, 11) is 0. The molecule has 6 nitrogen and oxygen atoms in total. The molecule has 2 N–H and O–H groups in total. The van der Waals surface area contributed by atoms with Gasteiger partial charge in [0.1, 0.15) is 6.07 Å². The molecule has 0 aliphatic carbocycles. The third kappa shape index (κ3) is 4.15. The average Bonchev–Trinajstić information content (AvgIpc) is 2.70. The number of amides is 1. The number of hydrogen-bond acceptors (Lipinski definition) is 5. The molecule has 0 spiro atoms. The molecular formula is C22H21N5O. The van der Waals surface area contributed by atoms with Crippen molar-refractivity contribution in [3.05, 3.63) is 77.1 Å². The predicted octanol–water partition coefficient (Wildman–Crippen LogP) is 4.78. The Labute approximate surface area is 164 Å². The zero-order valence-electron chi connectivity index (χ0n) is 16.0. The molecule has 0 aliphatic rings. The number of benzene rings is 2. The Morgan fingerprint density at radius 2 is 1.79 bits per heavy atom. The Morgan fingerprint density at radius 3 is 2.46 bits per heavy atom. The van der Waals surface area contributed by atoms with Gasteiger partial charge < -0.3 is 10.6 Å². The summed E-state index contributed by atoms with van der Waals surface area (Å²) in [6.07, 6.45) is 2.93. The van der Waals surface area contributed by atoms with Crippen LogP contribution in [0.25, 0.3) is 0 Å². The lowest BCUT2D eigenvalue weighted by molar-refractivity contribution is 0.102. The molecule has 0 saturated heterocycles. The fourth-order valence-corrected chi connectivity index (χ4v) is 2.85. The highest BCUT2D eigenvalue weighted by Crippen LogP contribution is 2.29. The number of nitriles is 1. The summed E-state index contributed by atoms with van der Waals surface area (Å²) in [6, 6.07) is 15.0. The number of para-hydroxylation sites is 2. The van der Waals surface area contributed by atoms with Crippen LogP contribution < -0.4 is 10.6 Å². The highest BCUT2D eigenvalue weighted by atomic mass is 16.1. The van der Waals surface area contributed by atoms with Crippen LogP contribution in [0.3, 0.4) is 0 Å². The number of nitrogens with zero attached hydrogens (tertiary/aromatic N) is 3. The minimum atomic E-state index is -0.368. The van der Waals surface area contributed by atoms with Gasteiger partial charge in [0.25, 0.3) is 5.91 Å². The average molecular weight is 371 g/mol. The normalized spacial score (nSPS) is 10.4. The number of aromatic nitrogens is 2. The summed E-state index contributed by atoms with van der Waals surface area (Å²) in [4.78, 5) is 21.0. The molecule has 0 unspecified atom stereocenters. The quantitative estimate of drug-likeness (QED) is 0.674. The van der Waals surface area contributed by atoms with Gasteiger partial charge in [-0.3, -0.25) is 4.79 Å². The zero-order chi connectivity index (χ0) is 20.1. The SMILES string of the molecule is Cc1cccc(C(C)C)c1Nc1ncc(C(=O)Nc2ccccc2C#N)cn1. The molecule has 0 bridgehead atoms. The molecule has 1 heterocycles. The first-order chi connectivity index (χ1) is 13.5. The molecule has 2 aromatic carbocycles. The van der Waals surface area contributed by atoms with Crippen molar-refractivity contribution in [1.82, 2.24) is 9.97 Å². The Kier molecular flexibility index (Phi) is 5.66. The molecule has 6 heteroatoms. The van der Waals surface area contributed by atoms with Crippen molar-refractivity contribution < 1.29 is 4.79 Å². The lowest BCUT2D eigenvalue weighted by atomic mass is 9.98. The maximum absolute atomic E-state index is 12.4. The van der Waals surface area contributed by atoms with Crippen LogP contribution >= 0.6 is 0 Å². The molecule has 28 heavy (non-hydrogen) atoms. The van der Waals surface area contributed by atoms with Gasteiger partial charge in [0.2, 0.25) is 5.95 Å². The number of hydrogen-bond donors (Lipinski definition) is 2. The summed E-state index contributed by atoms with van der Waals surface area (Å²) >= 11 is 0. The van der Waals surface area contributed by atoms with E-state index in [0.29, 0.717) is 28.7 Å². The summed E-state index contributed by atoms with van der Waals surface area (Å²) in [6.45, 7) is 6.29. The highest BCUT2D eigenvalue weighted by Gasteiger charge is 2.13. The van der Waals surface area contributed by atoms with Gasteiger partial charge in [-0.1, -0.05) is 44.2 Å². The molecule has 3 rings (SSSR count). The van der Waals surface area contributed by atoms with E-state index >= 15 is 0 Å². The van der Waals surface area contributed by atoms with Crippen molar-refractivity contribution in [3.8, 4) is 6.07 Å². The molecule has 1 aromatic heterocycles. The van der Waals surface area contributed by atoms with Crippen LogP contribution in [-0.2, 0) is 0 Å². The van der Waals surface area contributed by atoms with Crippen molar-refractivity contribution >= 4 is 23.2 Å². The van der Waals surface area contributed by atoms with Gasteiger partial charge in [-0.05, 0) is 36.1 Å². The largest absolute Gasteiger partial charge is 0.324 e. The van der Waals surface area contributed by atoms with Crippen LogP contribution in [0.15, 0.2) is 54.9 Å². The van der Waals surface area contributed by atoms with E-state index in [-0.39, 0.29) is 5.91 Å². The van der Waals surface area contributed by atoms with Crippen molar-refractivity contribution in [2.24, 2.45) is 0 Å². The van der Waals surface area contributed by atoms with Crippen LogP contribution in [0.2, 0.25) is 0 Å². The Bertz CT molecular complexity index is 1040. The van der Waals surface area contributed by atoms with Crippen LogP contribution in [0, 0.1) is 18.3 Å². The summed E-state index contributed by atoms with van der Waals surface area (Å²) in [5, 5.41) is 15.1. The van der Waals surface area contributed by atoms with Gasteiger partial charge >= 0.3 is 0 Å². The van der Waals surface area contributed by atoms with E-state index in [2.05, 4.69) is 46.6 Å². The van der Waals surface area contributed by atoms with Crippen molar-refractivity contribution in [2.45, 2.75) is 26.7 Å². The molecule has 0 aliphatic heterocycles. The molecule has 140 valence electrons. The van der Waals surface area contributed by atoms with Gasteiger partial charge in [0.15, 0.2) is 0 Å². The lowest BCUT2D eigenvalue weighted by Crippen LogP contribution is -2.14. The molecule has 3 aromatic rings. The maximum Gasteiger partial charge on any atom is 0.258 e. The monoisotopic (exact) mass is 371 g/mol. The third-order valence-corrected chi connectivity index (χ3v) is 4.37. The van der Waals surface area contributed by atoms with E-state index in [4.69, 9.17) is 5.26 Å². The first-order valence-electron chi connectivity index (χ1n) is 8.98. The smallest absolute Gasteiger partial charge is 0.258 e. The second-order valence-electron chi connectivity index (χ2n) is 6.73. The van der Waals surface area contributed by atoms with Crippen molar-refractivity contribution in [1.29, 1.82) is 5.26 Å². The molecule has 0 fully saturated rings. The van der Waals surface area contributed by atoms with E-state index in [1.165, 1.54) is 18.0 Å². The number of carbonyl (C=O) groups is 1. The second-order valence-corrected chi connectivity index (χ2v) is 6.73. The molecule has 0 saturated carbocycles. The molecule has 0 atom stereocenters. The van der Waals surface area contributed by atoms with Crippen molar-refractivity contribution in [3.63, 3.8) is 0 Å². The van der Waals surface area contributed by atoms with E-state index < -0.39 is 0 Å². The summed E-state index contributed by atoms with van der Waals surface area (Å²) in [5.74, 6) is 0.408. The van der Waals surface area contributed by atoms with Gasteiger partial charge in [-0.25, -0.2) is 9.97 Å². The topological polar surface area (TPSA) is 90.7 Å². The maximum atomic E-state index is 12.4. The fraction of sp³-hybridized carbons (Fsp3) is 0.182. The van der Waals surface area contributed by atoms with Crippen LogP contribution in [0.1, 0.15) is 46.8 Å². The number of aryl methyl sites for hydroxylation is 1. The molecular weight excluding hydrogens is 350 g/mol. The lowest BCUT2D eigenvalue weighted by Gasteiger charge is -2.16. The van der Waals surface area contributed by atoms with E-state index in [9.17, 15) is 4.79 Å². The minimum absolute atomic E-state index is 0.312. The second kappa shape index (κ2) is 8.31. The van der Waals surface area contributed by atoms with Crippen molar-refractivity contribution in [2.75, 3.05) is 10.6 Å². The van der Waals surface area contributed by atoms with E-state index in [0.717, 1.165) is 11.3 Å². The van der Waals surface area contributed by atoms with E-state index in [1.54, 1.807) is 24.3 Å². The standard InChI is InChI=1S/C22H21N5O/c1-14(2)18-9-6-7-15(3)20(18)27-22-24-12-17(13-25-22)21(28)26-19-10-5-4-8-16(19)11-23/h4-10,12-14H,1-3H3,(H,26,28)(H,24,25,27). The fourth-order valence-electron chi connectivity index (χ4n) is 2.85. The predicted molar refractivity (Wildman–Crippen MR) is 110 cm³/mol. The van der Waals surface area contributed by atoms with Crippen LogP contribution in [-0.4, -0.2) is 15.9 Å². The van der Waals surface area contributed by atoms with Crippen LogP contribution in [0.5, 0.6) is 0 Å². The van der Waals surface area contributed by atoms with Crippen LogP contribution in [0.4, 0.5) is 17.3 Å². The van der Waals surface area contributed by atoms with Gasteiger partial charge in [0.05, 0.1) is 16.8 Å². The third-order valence-electron chi connectivity index (χ3n) is 4.37. The molecule has 0 radical (unpaired) electrons. The Hall–Kier alpha value is -3.72. The Balaban J connectivity index is 1.78. The minimum Gasteiger partial charge on any atom is -0.324 e. The summed E-state index contributed by atoms with van der Waals surface area (Å²) < 4.78 is 0. The zero-order valence-corrected chi connectivity index (χ0v) is 16.0. The summed E-state index contributed by atoms with van der Waals surface area (Å²) in [5.41, 5.74) is 4.43. The number of carbonyl (C=O) groups excluding carboxylic acids is 1. The van der Waals surface area contributed by atoms with E-state index in [1.807, 2.05) is 19.1 Å². The Morgan fingerprint density at radius 1 is 1.07 bits per heavy atom. The van der Waals surface area contributed by atoms with Gasteiger partial charge in [-0.15, -0.1) is 0 Å². The highest BCUT2D eigenvalue weighted by molar-refractivity contribution is 6.04. The number of nitrogens with one attached hydrogen (secondary N) is 2. The first-order valence-corrected chi connectivity index (χ1v) is 8.98. The number of anilines is 3. The van der Waals surface area contributed by atoms with Gasteiger partial charge in [0, 0.05) is 18.1 Å². The number of rotatable bonds is 5. The van der Waals surface area contributed by atoms with Gasteiger partial charge in [-0.2, -0.15) is 5.26 Å².